The van der Waals surface area contributed by atoms with Crippen molar-refractivity contribution in [1.29, 1.82) is 0 Å². The van der Waals surface area contributed by atoms with E-state index in [2.05, 4.69) is 43.1 Å². The highest BCUT2D eigenvalue weighted by Crippen LogP contribution is 2.40. The van der Waals surface area contributed by atoms with Gasteiger partial charge in [0.1, 0.15) is 0 Å². The van der Waals surface area contributed by atoms with Gasteiger partial charge in [0, 0.05) is 17.6 Å². The zero-order valence-corrected chi connectivity index (χ0v) is 10.9. The topological polar surface area (TPSA) is 38.0 Å². The minimum atomic E-state index is 0.437. The summed E-state index contributed by atoms with van der Waals surface area (Å²) in [6.07, 6.45) is 3.13. The molecule has 1 aromatic carbocycles. The van der Waals surface area contributed by atoms with E-state index in [1.54, 1.807) is 27.8 Å². The standard InChI is InChI=1S/C12H16N2S2/c1-10(12-6-4-3-5-7-12)15-16-11(2)14-9-8-13/h3-10,14H,2,13H2,1H3/b9-8-. The molecule has 0 spiro atoms. The lowest BCUT2D eigenvalue weighted by Gasteiger charge is -2.11. The molecule has 0 fully saturated rings. The van der Waals surface area contributed by atoms with Gasteiger partial charge < -0.3 is 11.1 Å². The molecule has 1 atom stereocenters. The van der Waals surface area contributed by atoms with E-state index in [0.717, 1.165) is 5.03 Å². The number of nitrogens with one attached hydrogen (secondary N) is 1. The van der Waals surface area contributed by atoms with E-state index in [4.69, 9.17) is 5.73 Å². The van der Waals surface area contributed by atoms with Crippen molar-refractivity contribution in [3.8, 4) is 0 Å². The number of hydrogen-bond donors (Lipinski definition) is 2. The summed E-state index contributed by atoms with van der Waals surface area (Å²) in [5.74, 6) is 0. The fourth-order valence-corrected chi connectivity index (χ4v) is 2.98. The summed E-state index contributed by atoms with van der Waals surface area (Å²) in [5, 5.41) is 4.30. The first-order chi connectivity index (χ1) is 7.74. The molecular weight excluding hydrogens is 236 g/mol. The van der Waals surface area contributed by atoms with Crippen LogP contribution in [0.1, 0.15) is 17.7 Å². The summed E-state index contributed by atoms with van der Waals surface area (Å²) in [5.41, 5.74) is 6.55. The van der Waals surface area contributed by atoms with Gasteiger partial charge in [-0.3, -0.25) is 0 Å². The Morgan fingerprint density at radius 3 is 2.75 bits per heavy atom. The third kappa shape index (κ3) is 4.68. The third-order valence-electron chi connectivity index (χ3n) is 1.90. The number of nitrogens with two attached hydrogens (primary N) is 1. The molecule has 0 saturated heterocycles. The van der Waals surface area contributed by atoms with Crippen LogP contribution in [0.4, 0.5) is 0 Å². The fourth-order valence-electron chi connectivity index (χ4n) is 1.07. The predicted octanol–water partition coefficient (Wildman–Crippen LogP) is 3.62. The molecule has 2 nitrogen and oxygen atoms in total. The van der Waals surface area contributed by atoms with Gasteiger partial charge >= 0.3 is 0 Å². The van der Waals surface area contributed by atoms with Crippen molar-refractivity contribution in [2.45, 2.75) is 12.2 Å². The molecule has 0 saturated carbocycles. The van der Waals surface area contributed by atoms with Crippen LogP contribution < -0.4 is 11.1 Å². The van der Waals surface area contributed by atoms with E-state index in [1.165, 1.54) is 11.8 Å². The van der Waals surface area contributed by atoms with Gasteiger partial charge in [-0.1, -0.05) is 47.7 Å². The Hall–Kier alpha value is -1.00. The second-order valence-corrected chi connectivity index (χ2v) is 5.80. The molecular formula is C12H16N2S2. The second-order valence-electron chi connectivity index (χ2n) is 3.16. The van der Waals surface area contributed by atoms with Gasteiger partial charge in [-0.05, 0) is 23.3 Å². The Bertz CT molecular complexity index is 349. The third-order valence-corrected chi connectivity index (χ3v) is 4.64. The highest BCUT2D eigenvalue weighted by Gasteiger charge is 2.06. The maximum Gasteiger partial charge on any atom is 0.0756 e. The number of benzene rings is 1. The van der Waals surface area contributed by atoms with Crippen LogP contribution in [0.2, 0.25) is 0 Å². The molecule has 0 aliphatic rings. The number of hydrogen-bond acceptors (Lipinski definition) is 4. The lowest BCUT2D eigenvalue weighted by molar-refractivity contribution is 1.11. The molecule has 0 bridgehead atoms. The molecule has 1 rings (SSSR count). The molecule has 3 N–H and O–H groups in total. The van der Waals surface area contributed by atoms with E-state index in [-0.39, 0.29) is 0 Å². The number of rotatable bonds is 6. The van der Waals surface area contributed by atoms with Crippen molar-refractivity contribution < 1.29 is 0 Å². The molecule has 86 valence electrons. The Morgan fingerprint density at radius 2 is 2.12 bits per heavy atom. The lowest BCUT2D eigenvalue weighted by Crippen LogP contribution is -2.00. The highest BCUT2D eigenvalue weighted by molar-refractivity contribution is 8.78. The van der Waals surface area contributed by atoms with Crippen molar-refractivity contribution in [1.82, 2.24) is 5.32 Å². The molecule has 0 aromatic heterocycles. The minimum absolute atomic E-state index is 0.437. The first-order valence-electron chi connectivity index (χ1n) is 4.94. The molecule has 0 amide bonds. The van der Waals surface area contributed by atoms with Gasteiger partial charge in [-0.2, -0.15) is 0 Å². The SMILES string of the molecule is C=C(N/C=C\N)SSC(C)c1ccccc1. The smallest absolute Gasteiger partial charge is 0.0756 e. The Labute approximate surface area is 105 Å². The molecule has 16 heavy (non-hydrogen) atoms. The largest absolute Gasteiger partial charge is 0.403 e. The summed E-state index contributed by atoms with van der Waals surface area (Å²) in [7, 11) is 3.39. The Balaban J connectivity index is 2.36. The van der Waals surface area contributed by atoms with Gasteiger partial charge in [0.05, 0.1) is 5.03 Å². The van der Waals surface area contributed by atoms with Crippen LogP contribution >= 0.6 is 21.6 Å². The molecule has 0 aliphatic carbocycles. The molecule has 0 heterocycles. The van der Waals surface area contributed by atoms with Gasteiger partial charge in [0.15, 0.2) is 0 Å². The van der Waals surface area contributed by atoms with Gasteiger partial charge in [-0.25, -0.2) is 0 Å². The molecule has 1 aromatic rings. The van der Waals surface area contributed by atoms with E-state index in [0.29, 0.717) is 5.25 Å². The van der Waals surface area contributed by atoms with E-state index >= 15 is 0 Å². The molecule has 0 radical (unpaired) electrons. The molecule has 0 aliphatic heterocycles. The molecule has 4 heteroatoms. The zero-order chi connectivity index (χ0) is 11.8. The summed E-state index contributed by atoms with van der Waals surface area (Å²) in [6, 6.07) is 10.4. The maximum absolute atomic E-state index is 5.22. The van der Waals surface area contributed by atoms with Gasteiger partial charge in [-0.15, -0.1) is 0 Å². The summed E-state index contributed by atoms with van der Waals surface area (Å²) in [6.45, 7) is 6.06. The van der Waals surface area contributed by atoms with Crippen LogP contribution in [0.25, 0.3) is 0 Å². The zero-order valence-electron chi connectivity index (χ0n) is 9.22. The lowest BCUT2D eigenvalue weighted by atomic mass is 10.2. The van der Waals surface area contributed by atoms with Crippen LogP contribution in [0.3, 0.4) is 0 Å². The van der Waals surface area contributed by atoms with Crippen molar-refractivity contribution in [2.75, 3.05) is 0 Å². The second kappa shape index (κ2) is 7.30. The van der Waals surface area contributed by atoms with Crippen molar-refractivity contribution in [3.05, 3.63) is 59.9 Å². The summed E-state index contributed by atoms with van der Waals surface area (Å²) < 4.78 is 0. The quantitative estimate of drug-likeness (QED) is 0.758. The van der Waals surface area contributed by atoms with Crippen molar-refractivity contribution in [2.24, 2.45) is 5.73 Å². The minimum Gasteiger partial charge on any atom is -0.403 e. The predicted molar refractivity (Wildman–Crippen MR) is 75.6 cm³/mol. The summed E-state index contributed by atoms with van der Waals surface area (Å²) in [4.78, 5) is 0. The van der Waals surface area contributed by atoms with Gasteiger partial charge in [0.25, 0.3) is 0 Å². The van der Waals surface area contributed by atoms with Crippen LogP contribution in [0, 0.1) is 0 Å². The summed E-state index contributed by atoms with van der Waals surface area (Å²) >= 11 is 0. The van der Waals surface area contributed by atoms with E-state index in [1.807, 2.05) is 6.07 Å². The van der Waals surface area contributed by atoms with Crippen LogP contribution in [0.5, 0.6) is 0 Å². The Morgan fingerprint density at radius 1 is 1.44 bits per heavy atom. The van der Waals surface area contributed by atoms with Crippen LogP contribution in [-0.2, 0) is 0 Å². The van der Waals surface area contributed by atoms with Crippen LogP contribution in [0.15, 0.2) is 54.3 Å². The van der Waals surface area contributed by atoms with E-state index in [9.17, 15) is 0 Å². The highest BCUT2D eigenvalue weighted by atomic mass is 33.1. The van der Waals surface area contributed by atoms with Crippen LogP contribution in [-0.4, -0.2) is 0 Å². The van der Waals surface area contributed by atoms with Crippen molar-refractivity contribution in [3.63, 3.8) is 0 Å². The Kier molecular flexibility index (Phi) is 5.96. The van der Waals surface area contributed by atoms with Crippen molar-refractivity contribution >= 4 is 21.6 Å². The normalized spacial score (nSPS) is 12.6. The first kappa shape index (κ1) is 13.1. The monoisotopic (exact) mass is 252 g/mol. The maximum atomic E-state index is 5.22. The van der Waals surface area contributed by atoms with Gasteiger partial charge in [0.2, 0.25) is 0 Å². The molecule has 1 unspecified atom stereocenters. The fraction of sp³-hybridized carbons (Fsp3) is 0.167. The average Bonchev–Trinajstić information content (AvgIpc) is 2.34. The van der Waals surface area contributed by atoms with E-state index < -0.39 is 0 Å². The average molecular weight is 252 g/mol. The first-order valence-corrected chi connectivity index (χ1v) is 7.16.